The first-order valence-electron chi connectivity index (χ1n) is 10.7. The number of ether oxygens (including phenoxy) is 1. The first-order chi connectivity index (χ1) is 12.1. The average Bonchev–Trinajstić information content (AvgIpc) is 2.58. The van der Waals surface area contributed by atoms with Crippen LogP contribution in [0.2, 0.25) is 0 Å². The zero-order chi connectivity index (χ0) is 18.8. The minimum atomic E-state index is -0.542. The topological polar surface area (TPSA) is 46.5 Å². The van der Waals surface area contributed by atoms with E-state index in [0.717, 1.165) is 25.7 Å². The lowest BCUT2D eigenvalue weighted by atomic mass is 9.98. The van der Waals surface area contributed by atoms with Gasteiger partial charge in [-0.3, -0.25) is 4.79 Å². The summed E-state index contributed by atoms with van der Waals surface area (Å²) in [5.74, 6) is -0.909. The summed E-state index contributed by atoms with van der Waals surface area (Å²) < 4.78 is 5.20. The van der Waals surface area contributed by atoms with Crippen LogP contribution in [0.5, 0.6) is 0 Å². The normalized spacial score (nSPS) is 12.1. The van der Waals surface area contributed by atoms with Crippen molar-refractivity contribution in [3.63, 3.8) is 0 Å². The number of aliphatic hydroxyl groups is 1. The molecule has 25 heavy (non-hydrogen) atoms. The monoisotopic (exact) mass is 354 g/mol. The highest BCUT2D eigenvalue weighted by Crippen LogP contribution is 2.19. The van der Waals surface area contributed by atoms with Gasteiger partial charge in [0.1, 0.15) is 5.92 Å². The summed E-state index contributed by atoms with van der Waals surface area (Å²) in [5, 5.41) is 9.62. The summed E-state index contributed by atoms with van der Waals surface area (Å²) in [6, 6.07) is 0. The molecule has 0 spiro atoms. The summed E-state index contributed by atoms with van der Waals surface area (Å²) in [7, 11) is 0. The first-order valence-corrected chi connectivity index (χ1v) is 10.7. The Morgan fingerprint density at radius 1 is 0.800 bits per heavy atom. The van der Waals surface area contributed by atoms with Crippen LogP contribution < -0.4 is 0 Å². The molecular formula is C22H42O3. The van der Waals surface area contributed by atoms with E-state index in [2.05, 4.69) is 20.4 Å². The molecular weight excluding hydrogens is 312 g/mol. The number of unbranched alkanes of at least 4 members (excludes halogenated alkanes) is 12. The Hall–Kier alpha value is -0.990. The molecule has 0 heterocycles. The van der Waals surface area contributed by atoms with Crippen LogP contribution in [0.1, 0.15) is 110 Å². The number of hydrogen-bond acceptors (Lipinski definition) is 3. The van der Waals surface area contributed by atoms with Crippen molar-refractivity contribution in [1.82, 2.24) is 0 Å². The molecule has 0 rings (SSSR count). The Kier molecular flexibility index (Phi) is 17.1. The fourth-order valence-electron chi connectivity index (χ4n) is 3.03. The van der Waals surface area contributed by atoms with Crippen LogP contribution in [0.25, 0.3) is 0 Å². The fraction of sp³-hybridized carbons (Fsp3) is 0.864. The molecule has 0 aromatic heterocycles. The lowest BCUT2D eigenvalue weighted by Crippen LogP contribution is -2.20. The highest BCUT2D eigenvalue weighted by atomic mass is 16.5. The molecule has 3 heteroatoms. The number of carbonyl (C=O) groups excluding carboxylic acids is 1. The highest BCUT2D eigenvalue weighted by Gasteiger charge is 2.22. The molecule has 148 valence electrons. The van der Waals surface area contributed by atoms with Crippen LogP contribution in [0.4, 0.5) is 0 Å². The molecule has 1 N–H and O–H groups in total. The Morgan fingerprint density at radius 3 is 1.68 bits per heavy atom. The summed E-state index contributed by atoms with van der Waals surface area (Å²) in [6.45, 7) is 8.29. The second-order valence-electron chi connectivity index (χ2n) is 7.24. The van der Waals surface area contributed by atoms with Gasteiger partial charge in [0.05, 0.1) is 12.4 Å². The van der Waals surface area contributed by atoms with Crippen molar-refractivity contribution in [2.24, 2.45) is 5.92 Å². The molecule has 1 unspecified atom stereocenters. The molecule has 3 nitrogen and oxygen atoms in total. The first kappa shape index (κ1) is 24.0. The molecule has 0 saturated carbocycles. The van der Waals surface area contributed by atoms with Crippen molar-refractivity contribution >= 4 is 5.97 Å². The van der Waals surface area contributed by atoms with E-state index in [1.54, 1.807) is 0 Å². The molecule has 0 aromatic carbocycles. The van der Waals surface area contributed by atoms with Crippen molar-refractivity contribution in [3.8, 4) is 0 Å². The zero-order valence-corrected chi connectivity index (χ0v) is 16.9. The fourth-order valence-corrected chi connectivity index (χ4v) is 3.03. The minimum absolute atomic E-state index is 0.0513. The number of hydrogen-bond donors (Lipinski definition) is 1. The van der Waals surface area contributed by atoms with E-state index >= 15 is 0 Å². The molecule has 0 aliphatic carbocycles. The van der Waals surface area contributed by atoms with Crippen molar-refractivity contribution in [2.45, 2.75) is 110 Å². The van der Waals surface area contributed by atoms with Crippen LogP contribution >= 0.6 is 0 Å². The van der Waals surface area contributed by atoms with E-state index in [9.17, 15) is 9.90 Å². The van der Waals surface area contributed by atoms with E-state index in [1.807, 2.05) is 0 Å². The standard InChI is InChI=1S/C22H42O3/c1-4-6-8-9-10-11-12-13-14-15-16-17-18-21(20(3)23)22(24)25-19-7-5-2/h21,23H,3-19H2,1-2H3. The largest absolute Gasteiger partial charge is 0.512 e. The molecule has 0 saturated heterocycles. The van der Waals surface area contributed by atoms with Crippen LogP contribution in [-0.2, 0) is 9.53 Å². The van der Waals surface area contributed by atoms with Gasteiger partial charge in [0, 0.05) is 0 Å². The molecule has 1 atom stereocenters. The lowest BCUT2D eigenvalue weighted by molar-refractivity contribution is -0.148. The average molecular weight is 355 g/mol. The van der Waals surface area contributed by atoms with Crippen molar-refractivity contribution < 1.29 is 14.6 Å². The minimum Gasteiger partial charge on any atom is -0.512 e. The SMILES string of the molecule is C=C(O)C(CCCCCCCCCCCCCC)C(=O)OCCCC. The van der Waals surface area contributed by atoms with Crippen LogP contribution in [0.3, 0.4) is 0 Å². The Labute approximate surface area is 156 Å². The van der Waals surface area contributed by atoms with Crippen LogP contribution in [-0.4, -0.2) is 17.7 Å². The van der Waals surface area contributed by atoms with E-state index in [4.69, 9.17) is 4.74 Å². The van der Waals surface area contributed by atoms with Gasteiger partial charge in [-0.05, 0) is 12.8 Å². The number of esters is 1. The number of rotatable bonds is 18. The molecule has 0 aromatic rings. The number of carbonyl (C=O) groups is 1. The van der Waals surface area contributed by atoms with Gasteiger partial charge in [0.25, 0.3) is 0 Å². The smallest absolute Gasteiger partial charge is 0.316 e. The maximum Gasteiger partial charge on any atom is 0.316 e. The third-order valence-corrected chi connectivity index (χ3v) is 4.78. The summed E-state index contributed by atoms with van der Waals surface area (Å²) in [6.07, 6.45) is 18.0. The molecule has 0 fully saturated rings. The molecule has 0 aliphatic heterocycles. The molecule has 0 bridgehead atoms. The highest BCUT2D eigenvalue weighted by molar-refractivity contribution is 5.74. The van der Waals surface area contributed by atoms with Gasteiger partial charge in [-0.15, -0.1) is 0 Å². The van der Waals surface area contributed by atoms with Gasteiger partial charge < -0.3 is 9.84 Å². The Bertz CT molecular complexity index is 325. The third kappa shape index (κ3) is 15.0. The summed E-state index contributed by atoms with van der Waals surface area (Å²) in [4.78, 5) is 11.9. The predicted molar refractivity (Wildman–Crippen MR) is 107 cm³/mol. The maximum atomic E-state index is 11.9. The Morgan fingerprint density at radius 2 is 1.24 bits per heavy atom. The van der Waals surface area contributed by atoms with E-state index in [1.165, 1.54) is 64.2 Å². The summed E-state index contributed by atoms with van der Waals surface area (Å²) in [5.41, 5.74) is 0. The molecule has 0 radical (unpaired) electrons. The van der Waals surface area contributed by atoms with Crippen molar-refractivity contribution in [3.05, 3.63) is 12.3 Å². The van der Waals surface area contributed by atoms with E-state index in [-0.39, 0.29) is 11.7 Å². The quantitative estimate of drug-likeness (QED) is 0.162. The van der Waals surface area contributed by atoms with Gasteiger partial charge >= 0.3 is 5.97 Å². The van der Waals surface area contributed by atoms with Gasteiger partial charge in [-0.1, -0.05) is 104 Å². The molecule has 0 aliphatic rings. The third-order valence-electron chi connectivity index (χ3n) is 4.78. The maximum absolute atomic E-state index is 11.9. The number of aliphatic hydroxyl groups excluding tert-OH is 1. The summed E-state index contributed by atoms with van der Waals surface area (Å²) >= 11 is 0. The van der Waals surface area contributed by atoms with Gasteiger partial charge in [-0.25, -0.2) is 0 Å². The van der Waals surface area contributed by atoms with Crippen molar-refractivity contribution in [1.29, 1.82) is 0 Å². The Balaban J connectivity index is 3.56. The predicted octanol–water partition coefficient (Wildman–Crippen LogP) is 7.11. The van der Waals surface area contributed by atoms with Crippen LogP contribution in [0.15, 0.2) is 12.3 Å². The van der Waals surface area contributed by atoms with Crippen LogP contribution in [0, 0.1) is 5.92 Å². The second kappa shape index (κ2) is 17.8. The second-order valence-corrected chi connectivity index (χ2v) is 7.24. The molecule has 0 amide bonds. The van der Waals surface area contributed by atoms with E-state index in [0.29, 0.717) is 13.0 Å². The van der Waals surface area contributed by atoms with Gasteiger partial charge in [0.2, 0.25) is 0 Å². The zero-order valence-electron chi connectivity index (χ0n) is 16.9. The van der Waals surface area contributed by atoms with Crippen molar-refractivity contribution in [2.75, 3.05) is 6.61 Å². The van der Waals surface area contributed by atoms with Gasteiger partial charge in [0.15, 0.2) is 0 Å². The van der Waals surface area contributed by atoms with Gasteiger partial charge in [-0.2, -0.15) is 0 Å². The lowest BCUT2D eigenvalue weighted by Gasteiger charge is -2.14. The van der Waals surface area contributed by atoms with E-state index < -0.39 is 5.92 Å².